The second kappa shape index (κ2) is 5.81. The summed E-state index contributed by atoms with van der Waals surface area (Å²) in [6.07, 6.45) is 1.15. The molecule has 0 bridgehead atoms. The monoisotopic (exact) mass is 306 g/mol. The molecular formula is C15H18N2O3S. The van der Waals surface area contributed by atoms with Gasteiger partial charge >= 0.3 is 0 Å². The Kier molecular flexibility index (Phi) is 4.27. The molecule has 0 aliphatic rings. The van der Waals surface area contributed by atoms with E-state index in [4.69, 9.17) is 0 Å². The van der Waals surface area contributed by atoms with Gasteiger partial charge in [0.1, 0.15) is 9.84 Å². The number of sulfone groups is 1. The van der Waals surface area contributed by atoms with Crippen molar-refractivity contribution in [1.29, 1.82) is 0 Å². The number of amides is 1. The van der Waals surface area contributed by atoms with Gasteiger partial charge in [-0.1, -0.05) is 18.2 Å². The molecule has 1 heterocycles. The first-order valence-corrected chi connectivity index (χ1v) is 8.67. The number of aromatic nitrogens is 1. The minimum absolute atomic E-state index is 0.0845. The van der Waals surface area contributed by atoms with Crippen molar-refractivity contribution >= 4 is 26.6 Å². The number of rotatable bonds is 4. The molecule has 0 aliphatic carbocycles. The zero-order valence-corrected chi connectivity index (χ0v) is 13.1. The van der Waals surface area contributed by atoms with Gasteiger partial charge in [-0.25, -0.2) is 8.42 Å². The van der Waals surface area contributed by atoms with Gasteiger partial charge in [-0.2, -0.15) is 0 Å². The van der Waals surface area contributed by atoms with E-state index in [2.05, 4.69) is 10.3 Å². The number of benzene rings is 1. The SMILES string of the molecule is Cc1nc2ccccc2cc1C(=O)NC(C)CS(C)(=O)=O. The lowest BCUT2D eigenvalue weighted by atomic mass is 10.1. The molecule has 1 unspecified atom stereocenters. The van der Waals surface area contributed by atoms with Crippen LogP contribution in [0, 0.1) is 6.92 Å². The van der Waals surface area contributed by atoms with Gasteiger partial charge in [-0.15, -0.1) is 0 Å². The van der Waals surface area contributed by atoms with E-state index in [1.54, 1.807) is 19.9 Å². The molecule has 0 radical (unpaired) electrons. The fourth-order valence-electron chi connectivity index (χ4n) is 2.24. The van der Waals surface area contributed by atoms with Crippen molar-refractivity contribution in [3.05, 3.63) is 41.6 Å². The number of carbonyl (C=O) groups is 1. The molecule has 21 heavy (non-hydrogen) atoms. The minimum Gasteiger partial charge on any atom is -0.349 e. The van der Waals surface area contributed by atoms with E-state index in [0.29, 0.717) is 11.3 Å². The zero-order valence-electron chi connectivity index (χ0n) is 12.3. The molecule has 0 fully saturated rings. The topological polar surface area (TPSA) is 76.1 Å². The third-order valence-corrected chi connectivity index (χ3v) is 4.19. The molecule has 2 aromatic rings. The van der Waals surface area contributed by atoms with Gasteiger partial charge in [0.15, 0.2) is 0 Å². The lowest BCUT2D eigenvalue weighted by Gasteiger charge is -2.14. The summed E-state index contributed by atoms with van der Waals surface area (Å²) in [7, 11) is -3.13. The molecule has 1 N–H and O–H groups in total. The van der Waals surface area contributed by atoms with Crippen molar-refractivity contribution in [3.63, 3.8) is 0 Å². The molecule has 1 aromatic carbocycles. The molecule has 5 nitrogen and oxygen atoms in total. The summed E-state index contributed by atoms with van der Waals surface area (Å²) in [4.78, 5) is 16.7. The van der Waals surface area contributed by atoms with Gasteiger partial charge in [-0.3, -0.25) is 9.78 Å². The summed E-state index contributed by atoms with van der Waals surface area (Å²) in [5.41, 5.74) is 1.92. The fourth-order valence-corrected chi connectivity index (χ4v) is 3.23. The van der Waals surface area contributed by atoms with Crippen molar-refractivity contribution < 1.29 is 13.2 Å². The van der Waals surface area contributed by atoms with Crippen LogP contribution >= 0.6 is 0 Å². The lowest BCUT2D eigenvalue weighted by molar-refractivity contribution is 0.0943. The van der Waals surface area contributed by atoms with Crippen LogP contribution in [0.4, 0.5) is 0 Å². The van der Waals surface area contributed by atoms with Crippen LogP contribution in [0.1, 0.15) is 23.0 Å². The summed E-state index contributed by atoms with van der Waals surface area (Å²) >= 11 is 0. The van der Waals surface area contributed by atoms with E-state index in [-0.39, 0.29) is 11.7 Å². The van der Waals surface area contributed by atoms with Crippen LogP contribution in [0.3, 0.4) is 0 Å². The first-order chi connectivity index (χ1) is 9.76. The molecular weight excluding hydrogens is 288 g/mol. The molecule has 1 amide bonds. The highest BCUT2D eigenvalue weighted by molar-refractivity contribution is 7.90. The highest BCUT2D eigenvalue weighted by atomic mass is 32.2. The molecule has 2 rings (SSSR count). The Balaban J connectivity index is 2.25. The third-order valence-electron chi connectivity index (χ3n) is 3.09. The summed E-state index contributed by atoms with van der Waals surface area (Å²) in [6, 6.07) is 8.88. The van der Waals surface area contributed by atoms with E-state index in [1.165, 1.54) is 0 Å². The standard InChI is InChI=1S/C15H18N2O3S/c1-10(9-21(3,19)20)16-15(18)13-8-12-6-4-5-7-14(12)17-11(13)2/h4-8,10H,9H2,1-3H3,(H,16,18). The Morgan fingerprint density at radius 3 is 2.67 bits per heavy atom. The zero-order chi connectivity index (χ0) is 15.6. The first-order valence-electron chi connectivity index (χ1n) is 6.61. The quantitative estimate of drug-likeness (QED) is 0.933. The third kappa shape index (κ3) is 4.01. The van der Waals surface area contributed by atoms with Gasteiger partial charge in [-0.05, 0) is 26.0 Å². The van der Waals surface area contributed by atoms with Gasteiger partial charge < -0.3 is 5.32 Å². The maximum atomic E-state index is 12.3. The Bertz CT molecular complexity index is 785. The number of fused-ring (bicyclic) bond motifs is 1. The number of para-hydroxylation sites is 1. The maximum absolute atomic E-state index is 12.3. The van der Waals surface area contributed by atoms with Gasteiger partial charge in [0.25, 0.3) is 5.91 Å². The van der Waals surface area contributed by atoms with Crippen molar-refractivity contribution in [2.45, 2.75) is 19.9 Å². The second-order valence-corrected chi connectivity index (χ2v) is 7.47. The number of hydrogen-bond donors (Lipinski definition) is 1. The van der Waals surface area contributed by atoms with E-state index in [1.807, 2.05) is 24.3 Å². The number of carbonyl (C=O) groups excluding carboxylic acids is 1. The molecule has 1 atom stereocenters. The lowest BCUT2D eigenvalue weighted by Crippen LogP contribution is -2.37. The molecule has 0 saturated carbocycles. The van der Waals surface area contributed by atoms with Crippen molar-refractivity contribution in [2.75, 3.05) is 12.0 Å². The van der Waals surface area contributed by atoms with Crippen LogP contribution in [-0.2, 0) is 9.84 Å². The molecule has 0 saturated heterocycles. The van der Waals surface area contributed by atoms with Crippen molar-refractivity contribution in [1.82, 2.24) is 10.3 Å². The average molecular weight is 306 g/mol. The van der Waals surface area contributed by atoms with Crippen LogP contribution in [0.25, 0.3) is 10.9 Å². The number of hydrogen-bond acceptors (Lipinski definition) is 4. The Labute approximate surface area is 124 Å². The number of nitrogens with zero attached hydrogens (tertiary/aromatic N) is 1. The smallest absolute Gasteiger partial charge is 0.253 e. The first kappa shape index (κ1) is 15.4. The van der Waals surface area contributed by atoms with Crippen LogP contribution in [0.2, 0.25) is 0 Å². The fraction of sp³-hybridized carbons (Fsp3) is 0.333. The highest BCUT2D eigenvalue weighted by Crippen LogP contribution is 2.16. The second-order valence-electron chi connectivity index (χ2n) is 5.28. The van der Waals surface area contributed by atoms with Gasteiger partial charge in [0, 0.05) is 17.7 Å². The summed E-state index contributed by atoms with van der Waals surface area (Å²) in [6.45, 7) is 3.44. The van der Waals surface area contributed by atoms with Crippen LogP contribution < -0.4 is 5.32 Å². The number of pyridine rings is 1. The number of nitrogens with one attached hydrogen (secondary N) is 1. The summed E-state index contributed by atoms with van der Waals surface area (Å²) < 4.78 is 22.5. The van der Waals surface area contributed by atoms with Crippen LogP contribution in [-0.4, -0.2) is 37.4 Å². The average Bonchev–Trinajstić information content (AvgIpc) is 2.35. The molecule has 1 aromatic heterocycles. The Hall–Kier alpha value is -1.95. The van der Waals surface area contributed by atoms with Crippen molar-refractivity contribution in [3.8, 4) is 0 Å². The number of aryl methyl sites for hydroxylation is 1. The van der Waals surface area contributed by atoms with E-state index >= 15 is 0 Å². The molecule has 0 spiro atoms. The van der Waals surface area contributed by atoms with Crippen molar-refractivity contribution in [2.24, 2.45) is 0 Å². The van der Waals surface area contributed by atoms with Gasteiger partial charge in [0.2, 0.25) is 0 Å². The predicted molar refractivity (Wildman–Crippen MR) is 83.1 cm³/mol. The maximum Gasteiger partial charge on any atom is 0.253 e. The predicted octanol–water partition coefficient (Wildman–Crippen LogP) is 1.71. The van der Waals surface area contributed by atoms with E-state index in [9.17, 15) is 13.2 Å². The Morgan fingerprint density at radius 2 is 2.00 bits per heavy atom. The van der Waals surface area contributed by atoms with Crippen LogP contribution in [0.5, 0.6) is 0 Å². The van der Waals surface area contributed by atoms with E-state index in [0.717, 1.165) is 17.2 Å². The molecule has 112 valence electrons. The Morgan fingerprint density at radius 1 is 1.33 bits per heavy atom. The summed E-state index contributed by atoms with van der Waals surface area (Å²) in [5, 5.41) is 3.58. The normalized spacial score (nSPS) is 13.1. The molecule has 0 aliphatic heterocycles. The largest absolute Gasteiger partial charge is 0.349 e. The molecule has 6 heteroatoms. The minimum atomic E-state index is -3.13. The summed E-state index contributed by atoms with van der Waals surface area (Å²) in [5.74, 6) is -0.388. The van der Waals surface area contributed by atoms with Gasteiger partial charge in [0.05, 0.1) is 22.5 Å². The van der Waals surface area contributed by atoms with Crippen LogP contribution in [0.15, 0.2) is 30.3 Å². The highest BCUT2D eigenvalue weighted by Gasteiger charge is 2.16. The van der Waals surface area contributed by atoms with E-state index < -0.39 is 15.9 Å².